The van der Waals surface area contributed by atoms with Gasteiger partial charge in [0, 0.05) is 29.3 Å². The number of halogens is 2. The Hall–Kier alpha value is -2.49. The van der Waals surface area contributed by atoms with Crippen molar-refractivity contribution in [1.82, 2.24) is 4.57 Å². The highest BCUT2D eigenvalue weighted by atomic mass is 19.2. The number of benzene rings is 2. The molecule has 4 heteroatoms. The van der Waals surface area contributed by atoms with E-state index in [9.17, 15) is 13.6 Å². The Kier molecular flexibility index (Phi) is 2.86. The second-order valence-electron chi connectivity index (χ2n) is 5.66. The third-order valence-electron chi connectivity index (χ3n) is 4.10. The van der Waals surface area contributed by atoms with Crippen molar-refractivity contribution < 1.29 is 8.78 Å². The Bertz CT molecular complexity index is 927. The first-order chi connectivity index (χ1) is 10.6. The van der Waals surface area contributed by atoms with Crippen LogP contribution in [0.1, 0.15) is 18.9 Å². The molecule has 110 valence electrons. The summed E-state index contributed by atoms with van der Waals surface area (Å²) in [6, 6.07) is 11.7. The fraction of sp³-hybridized carbons (Fsp3) is 0.167. The zero-order chi connectivity index (χ0) is 15.3. The molecule has 1 aliphatic rings. The monoisotopic (exact) mass is 297 g/mol. The van der Waals surface area contributed by atoms with E-state index in [-0.39, 0.29) is 16.9 Å². The average molecular weight is 297 g/mol. The Morgan fingerprint density at radius 2 is 1.68 bits per heavy atom. The predicted octanol–water partition coefficient (Wildman–Crippen LogP) is 4.28. The molecule has 0 unspecified atom stereocenters. The van der Waals surface area contributed by atoms with Crippen LogP contribution in [0.5, 0.6) is 0 Å². The van der Waals surface area contributed by atoms with E-state index in [0.717, 1.165) is 30.5 Å². The maximum absolute atomic E-state index is 13.6. The van der Waals surface area contributed by atoms with Crippen LogP contribution in [-0.2, 0) is 0 Å². The molecule has 0 radical (unpaired) electrons. The van der Waals surface area contributed by atoms with Gasteiger partial charge in [0.05, 0.1) is 5.52 Å². The van der Waals surface area contributed by atoms with Gasteiger partial charge in [-0.1, -0.05) is 30.3 Å². The second kappa shape index (κ2) is 4.77. The summed E-state index contributed by atoms with van der Waals surface area (Å²) in [6.07, 6.45) is 3.76. The van der Waals surface area contributed by atoms with Crippen LogP contribution < -0.4 is 5.43 Å². The van der Waals surface area contributed by atoms with Crippen LogP contribution in [-0.4, -0.2) is 4.57 Å². The van der Waals surface area contributed by atoms with Crippen LogP contribution in [0.3, 0.4) is 0 Å². The molecule has 2 nitrogen and oxygen atoms in total. The third kappa shape index (κ3) is 2.03. The summed E-state index contributed by atoms with van der Waals surface area (Å²) in [4.78, 5) is 12.7. The van der Waals surface area contributed by atoms with Gasteiger partial charge in [-0.15, -0.1) is 0 Å². The van der Waals surface area contributed by atoms with Gasteiger partial charge < -0.3 is 4.57 Å². The minimum atomic E-state index is -0.989. The lowest BCUT2D eigenvalue weighted by Gasteiger charge is -2.13. The topological polar surface area (TPSA) is 22.0 Å². The molecule has 0 N–H and O–H groups in total. The van der Waals surface area contributed by atoms with Crippen LogP contribution in [0.2, 0.25) is 0 Å². The van der Waals surface area contributed by atoms with Gasteiger partial charge in [0.2, 0.25) is 0 Å². The summed E-state index contributed by atoms with van der Waals surface area (Å²) in [5, 5.41) is 0.229. The molecular weight excluding hydrogens is 284 g/mol. The van der Waals surface area contributed by atoms with E-state index >= 15 is 0 Å². The largest absolute Gasteiger partial charge is 0.343 e. The predicted molar refractivity (Wildman–Crippen MR) is 81.8 cm³/mol. The number of fused-ring (bicyclic) bond motifs is 1. The molecular formula is C18H13F2NO. The molecule has 2 aromatic carbocycles. The molecule has 3 aromatic rings. The summed E-state index contributed by atoms with van der Waals surface area (Å²) in [5.41, 5.74) is 1.50. The summed E-state index contributed by atoms with van der Waals surface area (Å²) >= 11 is 0. The van der Waals surface area contributed by atoms with Gasteiger partial charge in [0.1, 0.15) is 0 Å². The lowest BCUT2D eigenvalue weighted by atomic mass is 10.0. The molecule has 0 amide bonds. The first-order valence-corrected chi connectivity index (χ1v) is 7.24. The molecule has 0 saturated heterocycles. The van der Waals surface area contributed by atoms with E-state index in [1.165, 1.54) is 0 Å². The quantitative estimate of drug-likeness (QED) is 0.692. The van der Waals surface area contributed by atoms with Crippen molar-refractivity contribution in [1.29, 1.82) is 0 Å². The highest BCUT2D eigenvalue weighted by molar-refractivity contribution is 5.84. The van der Waals surface area contributed by atoms with E-state index in [1.807, 2.05) is 34.9 Å². The fourth-order valence-electron chi connectivity index (χ4n) is 2.82. The standard InChI is InChI=1S/C18H13F2NO/c19-15-8-13-17(9-16(15)20)21(12-6-7-12)10-14(18(13)22)11-4-2-1-3-5-11/h1-5,8-10,12H,6-7H2. The lowest BCUT2D eigenvalue weighted by Crippen LogP contribution is -2.12. The number of hydrogen-bond donors (Lipinski definition) is 0. The zero-order valence-corrected chi connectivity index (χ0v) is 11.7. The smallest absolute Gasteiger partial charge is 0.197 e. The van der Waals surface area contributed by atoms with E-state index < -0.39 is 11.6 Å². The minimum absolute atomic E-state index is 0.229. The number of hydrogen-bond acceptors (Lipinski definition) is 1. The van der Waals surface area contributed by atoms with E-state index in [2.05, 4.69) is 0 Å². The van der Waals surface area contributed by atoms with Crippen molar-refractivity contribution >= 4 is 10.9 Å². The molecule has 1 saturated carbocycles. The maximum Gasteiger partial charge on any atom is 0.197 e. The second-order valence-corrected chi connectivity index (χ2v) is 5.66. The van der Waals surface area contributed by atoms with Crippen molar-refractivity contribution in [2.75, 3.05) is 0 Å². The Morgan fingerprint density at radius 1 is 1.00 bits per heavy atom. The molecule has 1 aromatic heterocycles. The van der Waals surface area contributed by atoms with Gasteiger partial charge in [-0.2, -0.15) is 0 Å². The molecule has 0 bridgehead atoms. The van der Waals surface area contributed by atoms with Crippen LogP contribution in [0.25, 0.3) is 22.0 Å². The minimum Gasteiger partial charge on any atom is -0.343 e. The maximum atomic E-state index is 13.6. The van der Waals surface area contributed by atoms with Crippen molar-refractivity contribution in [3.63, 3.8) is 0 Å². The molecule has 0 aliphatic heterocycles. The third-order valence-corrected chi connectivity index (χ3v) is 4.10. The van der Waals surface area contributed by atoms with Gasteiger partial charge in [-0.25, -0.2) is 8.78 Å². The first kappa shape index (κ1) is 13.2. The van der Waals surface area contributed by atoms with Crippen LogP contribution in [0.4, 0.5) is 8.78 Å². The summed E-state index contributed by atoms with van der Waals surface area (Å²) in [5.74, 6) is -1.91. The van der Waals surface area contributed by atoms with Gasteiger partial charge >= 0.3 is 0 Å². The average Bonchev–Trinajstić information content (AvgIpc) is 3.35. The van der Waals surface area contributed by atoms with Crippen molar-refractivity contribution in [3.8, 4) is 11.1 Å². The molecule has 1 aliphatic carbocycles. The van der Waals surface area contributed by atoms with Crippen LogP contribution >= 0.6 is 0 Å². The van der Waals surface area contributed by atoms with Crippen molar-refractivity contribution in [2.24, 2.45) is 0 Å². The van der Waals surface area contributed by atoms with Crippen molar-refractivity contribution in [2.45, 2.75) is 18.9 Å². The summed E-state index contributed by atoms with van der Waals surface area (Å²) < 4.78 is 29.1. The highest BCUT2D eigenvalue weighted by Gasteiger charge is 2.26. The van der Waals surface area contributed by atoms with Crippen LogP contribution in [0.15, 0.2) is 53.5 Å². The van der Waals surface area contributed by atoms with E-state index in [0.29, 0.717) is 11.1 Å². The highest BCUT2D eigenvalue weighted by Crippen LogP contribution is 2.38. The molecule has 1 fully saturated rings. The molecule has 0 atom stereocenters. The normalized spacial score (nSPS) is 14.5. The summed E-state index contributed by atoms with van der Waals surface area (Å²) in [7, 11) is 0. The molecule has 1 heterocycles. The van der Waals surface area contributed by atoms with Gasteiger partial charge in [0.15, 0.2) is 17.1 Å². The van der Waals surface area contributed by atoms with Crippen molar-refractivity contribution in [3.05, 3.63) is 70.5 Å². The van der Waals surface area contributed by atoms with Gasteiger partial charge in [-0.3, -0.25) is 4.79 Å². The van der Waals surface area contributed by atoms with Gasteiger partial charge in [-0.05, 0) is 24.5 Å². The zero-order valence-electron chi connectivity index (χ0n) is 11.7. The fourth-order valence-corrected chi connectivity index (χ4v) is 2.82. The SMILES string of the molecule is O=c1c(-c2ccccc2)cn(C2CC2)c2cc(F)c(F)cc12. The number of aromatic nitrogens is 1. The Labute approximate surface area is 125 Å². The van der Waals surface area contributed by atoms with E-state index in [1.54, 1.807) is 6.20 Å². The van der Waals surface area contributed by atoms with Crippen LogP contribution in [0, 0.1) is 11.6 Å². The van der Waals surface area contributed by atoms with Gasteiger partial charge in [0.25, 0.3) is 0 Å². The first-order valence-electron chi connectivity index (χ1n) is 7.24. The number of rotatable bonds is 2. The molecule has 22 heavy (non-hydrogen) atoms. The van der Waals surface area contributed by atoms with E-state index in [4.69, 9.17) is 0 Å². The Balaban J connectivity index is 2.09. The Morgan fingerprint density at radius 3 is 2.36 bits per heavy atom. The molecule has 4 rings (SSSR count). The summed E-state index contributed by atoms with van der Waals surface area (Å²) in [6.45, 7) is 0. The lowest BCUT2D eigenvalue weighted by molar-refractivity contribution is 0.510. The molecule has 0 spiro atoms. The number of pyridine rings is 1. The number of nitrogens with zero attached hydrogens (tertiary/aromatic N) is 1.